The molecule has 107 heavy (non-hydrogen) atoms. The number of unbranched alkanes of at least 4 members (excludes halogenated alkanes) is 24. The minimum absolute atomic E-state index is 0.0425. The number of anilines is 10. The molecule has 0 unspecified atom stereocenters. The quantitative estimate of drug-likeness (QED) is 0.0131. The van der Waals surface area contributed by atoms with Crippen LogP contribution in [0.4, 0.5) is 56.9 Å². The van der Waals surface area contributed by atoms with Crippen LogP contribution in [0.15, 0.2) is 60.7 Å². The fraction of sp³-hybridized carbons (Fsp3) is 0.557. The van der Waals surface area contributed by atoms with Crippen LogP contribution in [-0.4, -0.2) is 104 Å². The van der Waals surface area contributed by atoms with Gasteiger partial charge in [0.2, 0.25) is 0 Å². The summed E-state index contributed by atoms with van der Waals surface area (Å²) in [7, 11) is 0. The Morgan fingerprint density at radius 3 is 0.738 bits per heavy atom. The van der Waals surface area contributed by atoms with Gasteiger partial charge in [-0.05, 0) is 75.6 Å². The van der Waals surface area contributed by atoms with Gasteiger partial charge < -0.3 is 47.4 Å². The van der Waals surface area contributed by atoms with Gasteiger partial charge in [-0.1, -0.05) is 246 Å². The molecule has 0 atom stereocenters. The average molecular weight is 1460 g/mol. The predicted octanol–water partition coefficient (Wildman–Crippen LogP) is 21.7. The second-order valence-corrected chi connectivity index (χ2v) is 29.9. The third kappa shape index (κ3) is 17.7. The van der Waals surface area contributed by atoms with E-state index < -0.39 is 35.4 Å². The fourth-order valence-corrected chi connectivity index (χ4v) is 16.1. The van der Waals surface area contributed by atoms with Crippen LogP contribution in [0.2, 0.25) is 0 Å². The van der Waals surface area contributed by atoms with E-state index in [0.717, 1.165) is 195 Å². The van der Waals surface area contributed by atoms with Gasteiger partial charge in [-0.25, -0.2) is 4.90 Å². The molecule has 0 aliphatic carbocycles. The van der Waals surface area contributed by atoms with E-state index in [1.54, 1.807) is 24.3 Å². The Labute approximate surface area is 637 Å². The molecule has 19 heteroatoms. The summed E-state index contributed by atoms with van der Waals surface area (Å²) in [5, 5.41) is 32.8. The monoisotopic (exact) mass is 1460 g/mol. The molecule has 0 bridgehead atoms. The van der Waals surface area contributed by atoms with Crippen molar-refractivity contribution >= 4 is 120 Å². The van der Waals surface area contributed by atoms with Gasteiger partial charge in [-0.15, -0.1) is 0 Å². The third-order valence-electron chi connectivity index (χ3n) is 21.8. The van der Waals surface area contributed by atoms with Crippen LogP contribution in [0, 0.1) is 0 Å². The highest BCUT2D eigenvalue weighted by Gasteiger charge is 2.54. The lowest BCUT2D eigenvalue weighted by atomic mass is 9.80. The molecular weight excluding hydrogens is 1340 g/mol. The van der Waals surface area contributed by atoms with Crippen molar-refractivity contribution < 1.29 is 33.6 Å². The number of rotatable bonds is 51. The van der Waals surface area contributed by atoms with Gasteiger partial charge in [-0.3, -0.25) is 33.6 Å². The maximum atomic E-state index is 17.5. The van der Waals surface area contributed by atoms with Crippen molar-refractivity contribution in [2.45, 2.75) is 267 Å². The SMILES string of the molecule is CCCCCCNc1c(NCCCCCC)c2c3c(c(NCCCCCC)c(NCCCCCC)c4c3c1CN(c1ccccc1)C4=O)C(=O)N(N1C(=O)c3c(NCCCCCC)c(NCCCCCC)c4c5c(c(NCCCCCC)c(NCCCCCC)c(c35)C1=O)C(=O)N(c1ccccc1)C4=O)C2=O. The highest BCUT2D eigenvalue weighted by Crippen LogP contribution is 2.56. The Hall–Kier alpha value is -8.87. The third-order valence-corrected chi connectivity index (χ3v) is 21.8. The maximum Gasteiger partial charge on any atom is 0.283 e. The number of nitrogens with one attached hydrogen (secondary N) is 8. The summed E-state index contributed by atoms with van der Waals surface area (Å²) in [6.07, 6.45) is 28.7. The van der Waals surface area contributed by atoms with E-state index in [9.17, 15) is 0 Å². The largest absolute Gasteiger partial charge is 0.383 e. The van der Waals surface area contributed by atoms with Gasteiger partial charge in [0, 0.05) is 85.2 Å². The van der Waals surface area contributed by atoms with Crippen LogP contribution in [0.1, 0.15) is 339 Å². The van der Waals surface area contributed by atoms with Crippen molar-refractivity contribution in [2.24, 2.45) is 0 Å². The van der Waals surface area contributed by atoms with Crippen molar-refractivity contribution in [3.63, 3.8) is 0 Å². The second-order valence-electron chi connectivity index (χ2n) is 29.9. The van der Waals surface area contributed by atoms with Gasteiger partial charge in [-0.2, -0.15) is 10.0 Å². The molecule has 0 fully saturated rings. The summed E-state index contributed by atoms with van der Waals surface area (Å²) in [4.78, 5) is 122. The Morgan fingerprint density at radius 1 is 0.243 bits per heavy atom. The molecule has 4 heterocycles. The number of benzene rings is 6. The van der Waals surface area contributed by atoms with E-state index in [4.69, 9.17) is 0 Å². The normalized spacial score (nSPS) is 13.8. The van der Waals surface area contributed by atoms with Gasteiger partial charge in [0.25, 0.3) is 41.4 Å². The molecule has 6 aromatic rings. The standard InChI is InChI=1S/C88H124N12O7/c1-9-17-25-39-51-89-74-62-59-97(60-47-35-33-36-48-60)82(101)67-63(62)64-70(75(74)90-52-40-26-18-10-2)85(104)99(86(105)71(64)79(94-56-44-30-22-14-6)76(67)91-53-41-27-19-11-3)100-87(106)72-66-65-68(77(92-54-42-28-20-12-4)80(72)95-57-45-31-23-15-7)83(102)98(61-49-37-34-38-50-61)84(103)69(65)78(93-55-43-29-21-13-5)81(73(66)88(100)107)96-58-46-32-24-16-8/h33-38,47-50,89-96H,9-32,39-46,51-59H2,1-8H3. The highest BCUT2D eigenvalue weighted by molar-refractivity contribution is 6.46. The van der Waals surface area contributed by atoms with Gasteiger partial charge in [0.05, 0.1) is 96.7 Å². The number of amides is 7. The van der Waals surface area contributed by atoms with E-state index >= 15 is 33.6 Å². The second kappa shape index (κ2) is 40.4. The zero-order chi connectivity index (χ0) is 75.8. The molecule has 19 nitrogen and oxygen atoms in total. The molecule has 0 spiro atoms. The van der Waals surface area contributed by atoms with Crippen LogP contribution in [0.25, 0.3) is 21.5 Å². The van der Waals surface area contributed by atoms with Crippen molar-refractivity contribution in [3.8, 4) is 0 Å². The van der Waals surface area contributed by atoms with E-state index in [1.165, 1.54) is 4.90 Å². The molecule has 7 amide bonds. The first-order valence-electron chi connectivity index (χ1n) is 41.9. The number of para-hydroxylation sites is 2. The molecule has 0 saturated heterocycles. The topological polar surface area (TPSA) is 229 Å². The van der Waals surface area contributed by atoms with E-state index in [0.29, 0.717) is 134 Å². The molecule has 4 aliphatic rings. The number of hydrazine groups is 1. The minimum atomic E-state index is -0.972. The Kier molecular flexibility index (Phi) is 30.4. The zero-order valence-electron chi connectivity index (χ0n) is 65.9. The fourth-order valence-electron chi connectivity index (χ4n) is 16.1. The summed E-state index contributed by atoms with van der Waals surface area (Å²) in [6, 6.07) is 18.6. The number of carbonyl (C=O) groups excluding carboxylic acids is 7. The summed E-state index contributed by atoms with van der Waals surface area (Å²) in [6.45, 7) is 20.7. The lowest BCUT2D eigenvalue weighted by molar-refractivity contribution is 0.00228. The number of hydrogen-bond acceptors (Lipinski definition) is 15. The number of hydrogen-bond donors (Lipinski definition) is 8. The average Bonchev–Trinajstić information content (AvgIpc) is 0.680. The Morgan fingerprint density at radius 2 is 0.467 bits per heavy atom. The molecule has 0 aromatic heterocycles. The summed E-state index contributed by atoms with van der Waals surface area (Å²) in [5.41, 5.74) is 5.31. The van der Waals surface area contributed by atoms with Crippen molar-refractivity contribution in [1.29, 1.82) is 0 Å². The first-order chi connectivity index (χ1) is 52.4. The van der Waals surface area contributed by atoms with Crippen molar-refractivity contribution in [2.75, 3.05) is 105 Å². The summed E-state index contributed by atoms with van der Waals surface area (Å²) >= 11 is 0. The summed E-state index contributed by atoms with van der Waals surface area (Å²) in [5.74, 6) is -5.30. The number of nitrogens with zero attached hydrogens (tertiary/aromatic N) is 4. The lowest BCUT2D eigenvalue weighted by Gasteiger charge is -2.42. The van der Waals surface area contributed by atoms with E-state index in [1.807, 2.05) is 41.3 Å². The molecule has 0 saturated carbocycles. The van der Waals surface area contributed by atoms with Gasteiger partial charge in [0.1, 0.15) is 0 Å². The predicted molar refractivity (Wildman–Crippen MR) is 444 cm³/mol. The highest BCUT2D eigenvalue weighted by atomic mass is 16.2. The van der Waals surface area contributed by atoms with Crippen LogP contribution in [0.5, 0.6) is 0 Å². The molecule has 578 valence electrons. The molecule has 8 N–H and O–H groups in total. The molecular formula is C88H124N12O7. The first kappa shape index (κ1) is 80.7. The number of imide groups is 3. The Balaban J connectivity index is 1.34. The summed E-state index contributed by atoms with van der Waals surface area (Å²) < 4.78 is 0. The molecule has 10 rings (SSSR count). The van der Waals surface area contributed by atoms with Crippen LogP contribution in [-0.2, 0) is 6.54 Å². The van der Waals surface area contributed by atoms with Crippen LogP contribution < -0.4 is 52.3 Å². The van der Waals surface area contributed by atoms with Crippen LogP contribution >= 0.6 is 0 Å². The Bertz CT molecular complexity index is 3950. The van der Waals surface area contributed by atoms with E-state index in [2.05, 4.69) is 97.9 Å². The number of carbonyl (C=O) groups is 7. The molecule has 0 radical (unpaired) electrons. The zero-order valence-corrected chi connectivity index (χ0v) is 65.9. The lowest BCUT2D eigenvalue weighted by Crippen LogP contribution is -2.58. The van der Waals surface area contributed by atoms with Crippen molar-refractivity contribution in [1.82, 2.24) is 10.0 Å². The van der Waals surface area contributed by atoms with Gasteiger partial charge in [0.15, 0.2) is 0 Å². The van der Waals surface area contributed by atoms with Crippen LogP contribution in [0.3, 0.4) is 0 Å². The molecule has 4 aliphatic heterocycles. The maximum absolute atomic E-state index is 17.5. The molecule has 6 aromatic carbocycles. The van der Waals surface area contributed by atoms with E-state index in [-0.39, 0.29) is 73.4 Å². The first-order valence-corrected chi connectivity index (χ1v) is 41.9. The minimum Gasteiger partial charge on any atom is -0.383 e. The van der Waals surface area contributed by atoms with Crippen molar-refractivity contribution in [3.05, 3.63) is 105 Å². The van der Waals surface area contributed by atoms with Gasteiger partial charge >= 0.3 is 0 Å². The smallest absolute Gasteiger partial charge is 0.283 e.